The van der Waals surface area contributed by atoms with Crippen LogP contribution in [-0.4, -0.2) is 26.0 Å². The lowest BCUT2D eigenvalue weighted by atomic mass is 9.82. The maximum Gasteiger partial charge on any atom is 0.147 e. The Morgan fingerprint density at radius 3 is 2.73 bits per heavy atom. The minimum Gasteiger partial charge on any atom is -0.356 e. The molecule has 11 heavy (non-hydrogen) atoms. The molecule has 1 rings (SSSR count). The first-order chi connectivity index (χ1) is 5.36. The molecule has 0 heterocycles. The van der Waals surface area contributed by atoms with Gasteiger partial charge < -0.3 is 15.2 Å². The van der Waals surface area contributed by atoms with E-state index in [1.807, 2.05) is 6.92 Å². The number of ether oxygens (including phenoxy) is 2. The number of hydrogen-bond donors (Lipinski definition) is 1. The van der Waals surface area contributed by atoms with E-state index in [0.29, 0.717) is 18.8 Å². The summed E-state index contributed by atoms with van der Waals surface area (Å²) in [6.07, 6.45) is 2.64. The third kappa shape index (κ3) is 2.77. The van der Waals surface area contributed by atoms with Crippen LogP contribution in [0.1, 0.15) is 19.8 Å². The number of nitrogens with two attached hydrogens (primary N) is 1. The van der Waals surface area contributed by atoms with E-state index < -0.39 is 0 Å². The SMILES string of the molecule is CCOCOC1CC(CN)C1. The van der Waals surface area contributed by atoms with E-state index in [1.54, 1.807) is 0 Å². The van der Waals surface area contributed by atoms with Crippen LogP contribution < -0.4 is 5.73 Å². The molecule has 0 aromatic carbocycles. The van der Waals surface area contributed by atoms with Gasteiger partial charge in [0, 0.05) is 6.61 Å². The molecule has 1 saturated carbocycles. The Labute approximate surface area is 67.9 Å². The molecule has 0 radical (unpaired) electrons. The molecule has 3 heteroatoms. The quantitative estimate of drug-likeness (QED) is 0.475. The van der Waals surface area contributed by atoms with Crippen LogP contribution in [0.3, 0.4) is 0 Å². The summed E-state index contributed by atoms with van der Waals surface area (Å²) in [5, 5.41) is 0. The molecule has 0 saturated heterocycles. The average molecular weight is 159 g/mol. The zero-order valence-electron chi connectivity index (χ0n) is 7.08. The molecule has 0 aromatic heterocycles. The Kier molecular flexibility index (Phi) is 3.83. The minimum atomic E-state index is 0.412. The van der Waals surface area contributed by atoms with Crippen molar-refractivity contribution >= 4 is 0 Å². The van der Waals surface area contributed by atoms with Gasteiger partial charge in [-0.1, -0.05) is 0 Å². The Hall–Kier alpha value is -0.120. The molecule has 0 bridgehead atoms. The predicted molar refractivity (Wildman–Crippen MR) is 43.1 cm³/mol. The Bertz CT molecular complexity index is 102. The van der Waals surface area contributed by atoms with Gasteiger partial charge in [-0.15, -0.1) is 0 Å². The van der Waals surface area contributed by atoms with Gasteiger partial charge in [-0.3, -0.25) is 0 Å². The maximum absolute atomic E-state index is 5.46. The molecule has 0 atom stereocenters. The van der Waals surface area contributed by atoms with E-state index in [-0.39, 0.29) is 0 Å². The highest BCUT2D eigenvalue weighted by atomic mass is 16.7. The molecule has 1 aliphatic rings. The van der Waals surface area contributed by atoms with E-state index in [0.717, 1.165) is 26.0 Å². The maximum atomic E-state index is 5.46. The Morgan fingerprint density at radius 1 is 1.45 bits per heavy atom. The molecule has 3 nitrogen and oxygen atoms in total. The van der Waals surface area contributed by atoms with E-state index in [9.17, 15) is 0 Å². The second kappa shape index (κ2) is 4.70. The summed E-state index contributed by atoms with van der Waals surface area (Å²) in [5.41, 5.74) is 5.46. The third-order valence-electron chi connectivity index (χ3n) is 2.12. The third-order valence-corrected chi connectivity index (χ3v) is 2.12. The predicted octanol–water partition coefficient (Wildman–Crippen LogP) is 0.734. The van der Waals surface area contributed by atoms with Gasteiger partial charge in [0.25, 0.3) is 0 Å². The van der Waals surface area contributed by atoms with Gasteiger partial charge in [-0.05, 0) is 32.2 Å². The van der Waals surface area contributed by atoms with Crippen molar-refractivity contribution in [3.8, 4) is 0 Å². The van der Waals surface area contributed by atoms with Gasteiger partial charge in [0.1, 0.15) is 6.79 Å². The van der Waals surface area contributed by atoms with E-state index in [4.69, 9.17) is 15.2 Å². The largest absolute Gasteiger partial charge is 0.356 e. The molecule has 2 N–H and O–H groups in total. The molecule has 0 amide bonds. The van der Waals surface area contributed by atoms with Crippen LogP contribution in [0.2, 0.25) is 0 Å². The summed E-state index contributed by atoms with van der Waals surface area (Å²) in [6.45, 7) is 3.94. The lowest BCUT2D eigenvalue weighted by Crippen LogP contribution is -2.36. The highest BCUT2D eigenvalue weighted by molar-refractivity contribution is 4.80. The lowest BCUT2D eigenvalue weighted by Gasteiger charge is -2.33. The monoisotopic (exact) mass is 159 g/mol. The number of hydrogen-bond acceptors (Lipinski definition) is 3. The van der Waals surface area contributed by atoms with Crippen LogP contribution in [0.4, 0.5) is 0 Å². The molecule has 0 aliphatic heterocycles. The van der Waals surface area contributed by atoms with Crippen LogP contribution in [0.25, 0.3) is 0 Å². The standard InChI is InChI=1S/C8H17NO2/c1-2-10-6-11-8-3-7(4-8)5-9/h7-8H,2-6,9H2,1H3. The topological polar surface area (TPSA) is 44.5 Å². The van der Waals surface area contributed by atoms with Crippen LogP contribution in [0, 0.1) is 5.92 Å². The summed E-state index contributed by atoms with van der Waals surface area (Å²) in [7, 11) is 0. The van der Waals surface area contributed by atoms with Gasteiger partial charge >= 0.3 is 0 Å². The molecule has 66 valence electrons. The van der Waals surface area contributed by atoms with Crippen molar-refractivity contribution in [2.45, 2.75) is 25.9 Å². The van der Waals surface area contributed by atoms with Crippen molar-refractivity contribution in [3.05, 3.63) is 0 Å². The zero-order valence-corrected chi connectivity index (χ0v) is 7.08. The highest BCUT2D eigenvalue weighted by Crippen LogP contribution is 2.28. The summed E-state index contributed by atoms with van der Waals surface area (Å²) < 4.78 is 10.4. The van der Waals surface area contributed by atoms with Gasteiger partial charge in [-0.25, -0.2) is 0 Å². The van der Waals surface area contributed by atoms with Crippen molar-refractivity contribution < 1.29 is 9.47 Å². The molecule has 0 spiro atoms. The van der Waals surface area contributed by atoms with Gasteiger partial charge in [-0.2, -0.15) is 0 Å². The van der Waals surface area contributed by atoms with Crippen molar-refractivity contribution in [2.24, 2.45) is 11.7 Å². The Morgan fingerprint density at radius 2 is 2.18 bits per heavy atom. The van der Waals surface area contributed by atoms with Crippen molar-refractivity contribution in [1.82, 2.24) is 0 Å². The summed E-state index contributed by atoms with van der Waals surface area (Å²) in [6, 6.07) is 0. The average Bonchev–Trinajstić information content (AvgIpc) is 1.94. The first-order valence-electron chi connectivity index (χ1n) is 4.26. The van der Waals surface area contributed by atoms with E-state index >= 15 is 0 Å². The van der Waals surface area contributed by atoms with Crippen LogP contribution in [0.15, 0.2) is 0 Å². The number of rotatable bonds is 5. The van der Waals surface area contributed by atoms with Gasteiger partial charge in [0.05, 0.1) is 6.10 Å². The fraction of sp³-hybridized carbons (Fsp3) is 1.00. The fourth-order valence-electron chi connectivity index (χ4n) is 1.23. The van der Waals surface area contributed by atoms with Crippen molar-refractivity contribution in [2.75, 3.05) is 19.9 Å². The fourth-order valence-corrected chi connectivity index (χ4v) is 1.23. The first kappa shape index (κ1) is 8.97. The zero-order chi connectivity index (χ0) is 8.10. The van der Waals surface area contributed by atoms with E-state index in [2.05, 4.69) is 0 Å². The first-order valence-corrected chi connectivity index (χ1v) is 4.26. The van der Waals surface area contributed by atoms with Crippen molar-refractivity contribution in [3.63, 3.8) is 0 Å². The smallest absolute Gasteiger partial charge is 0.147 e. The molecular formula is C8H17NO2. The summed E-state index contributed by atoms with van der Waals surface area (Å²) >= 11 is 0. The summed E-state index contributed by atoms with van der Waals surface area (Å²) in [4.78, 5) is 0. The van der Waals surface area contributed by atoms with Gasteiger partial charge in [0.15, 0.2) is 0 Å². The minimum absolute atomic E-state index is 0.412. The van der Waals surface area contributed by atoms with Crippen LogP contribution in [-0.2, 0) is 9.47 Å². The van der Waals surface area contributed by atoms with Crippen LogP contribution >= 0.6 is 0 Å². The second-order valence-electron chi connectivity index (χ2n) is 2.97. The molecular weight excluding hydrogens is 142 g/mol. The summed E-state index contributed by atoms with van der Waals surface area (Å²) in [5.74, 6) is 0.696. The molecule has 1 fully saturated rings. The second-order valence-corrected chi connectivity index (χ2v) is 2.97. The normalized spacial score (nSPS) is 30.0. The molecule has 0 unspecified atom stereocenters. The van der Waals surface area contributed by atoms with E-state index in [1.165, 1.54) is 0 Å². The lowest BCUT2D eigenvalue weighted by molar-refractivity contribution is -0.122. The molecule has 0 aromatic rings. The van der Waals surface area contributed by atoms with Gasteiger partial charge in [0.2, 0.25) is 0 Å². The van der Waals surface area contributed by atoms with Crippen LogP contribution in [0.5, 0.6) is 0 Å². The Balaban J connectivity index is 1.88. The van der Waals surface area contributed by atoms with Crippen molar-refractivity contribution in [1.29, 1.82) is 0 Å². The highest BCUT2D eigenvalue weighted by Gasteiger charge is 2.28. The molecule has 1 aliphatic carbocycles.